The van der Waals surface area contributed by atoms with E-state index in [1.807, 2.05) is 0 Å². The highest BCUT2D eigenvalue weighted by Crippen LogP contribution is 2.17. The Bertz CT molecular complexity index is 365. The summed E-state index contributed by atoms with van der Waals surface area (Å²) in [6, 6.07) is 0. The van der Waals surface area contributed by atoms with Gasteiger partial charge in [0.2, 0.25) is 0 Å². The quantitative estimate of drug-likeness (QED) is 0.802. The van der Waals surface area contributed by atoms with E-state index in [-0.39, 0.29) is 0 Å². The number of hydrogen-bond acceptors (Lipinski definition) is 3. The van der Waals surface area contributed by atoms with Crippen molar-refractivity contribution in [1.82, 2.24) is 14.8 Å². The Kier molecular flexibility index (Phi) is 3.53. The highest BCUT2D eigenvalue weighted by atomic mass is 32.1. The summed E-state index contributed by atoms with van der Waals surface area (Å²) in [5, 5.41) is 7.08. The monoisotopic (exact) mass is 227 g/mol. The van der Waals surface area contributed by atoms with Crippen molar-refractivity contribution in [3.8, 4) is 0 Å². The second kappa shape index (κ2) is 4.90. The van der Waals surface area contributed by atoms with E-state index in [1.54, 1.807) is 0 Å². The Morgan fingerprint density at radius 2 is 2.27 bits per heavy atom. The zero-order valence-electron chi connectivity index (χ0n) is 9.03. The Labute approximate surface area is 94.6 Å². The van der Waals surface area contributed by atoms with Crippen LogP contribution in [-0.4, -0.2) is 28.0 Å². The van der Waals surface area contributed by atoms with Gasteiger partial charge in [0.1, 0.15) is 5.82 Å². The molecule has 5 heteroatoms. The van der Waals surface area contributed by atoms with E-state index in [0.29, 0.717) is 5.92 Å². The molecular formula is C10H17N3OS. The van der Waals surface area contributed by atoms with Crippen molar-refractivity contribution in [2.75, 3.05) is 13.2 Å². The molecule has 0 amide bonds. The van der Waals surface area contributed by atoms with Gasteiger partial charge in [-0.05, 0) is 31.0 Å². The van der Waals surface area contributed by atoms with Crippen LogP contribution in [0.4, 0.5) is 0 Å². The van der Waals surface area contributed by atoms with Gasteiger partial charge in [-0.3, -0.25) is 5.10 Å². The molecule has 1 aliphatic heterocycles. The summed E-state index contributed by atoms with van der Waals surface area (Å²) in [5.74, 6) is 1.75. The van der Waals surface area contributed by atoms with Crippen LogP contribution in [0.1, 0.15) is 25.6 Å². The van der Waals surface area contributed by atoms with Crippen LogP contribution >= 0.6 is 12.2 Å². The number of hydrogen-bond donors (Lipinski definition) is 1. The SMILES string of the molecule is CCc1n[nH]c(=S)n1CC1CCOCC1. The van der Waals surface area contributed by atoms with Gasteiger partial charge >= 0.3 is 0 Å². The van der Waals surface area contributed by atoms with E-state index in [9.17, 15) is 0 Å². The van der Waals surface area contributed by atoms with Gasteiger partial charge in [-0.1, -0.05) is 6.92 Å². The summed E-state index contributed by atoms with van der Waals surface area (Å²) >= 11 is 5.22. The highest BCUT2D eigenvalue weighted by molar-refractivity contribution is 7.71. The van der Waals surface area contributed by atoms with Gasteiger partial charge in [0, 0.05) is 26.2 Å². The minimum atomic E-state index is 0.688. The molecule has 0 aromatic carbocycles. The summed E-state index contributed by atoms with van der Waals surface area (Å²) in [6.07, 6.45) is 3.20. The van der Waals surface area contributed by atoms with Crippen LogP contribution in [0.3, 0.4) is 0 Å². The molecular weight excluding hydrogens is 210 g/mol. The molecule has 0 aliphatic carbocycles. The molecule has 1 fully saturated rings. The van der Waals surface area contributed by atoms with E-state index in [2.05, 4.69) is 21.7 Å². The van der Waals surface area contributed by atoms with Crippen molar-refractivity contribution >= 4 is 12.2 Å². The molecule has 1 aliphatic rings. The van der Waals surface area contributed by atoms with E-state index in [0.717, 1.165) is 49.6 Å². The van der Waals surface area contributed by atoms with Crippen LogP contribution in [0.25, 0.3) is 0 Å². The van der Waals surface area contributed by atoms with E-state index < -0.39 is 0 Å². The second-order valence-corrected chi connectivity index (χ2v) is 4.35. The van der Waals surface area contributed by atoms with Gasteiger partial charge in [-0.2, -0.15) is 5.10 Å². The average molecular weight is 227 g/mol. The predicted octanol–water partition coefficient (Wildman–Crippen LogP) is 1.93. The van der Waals surface area contributed by atoms with Crippen molar-refractivity contribution in [2.45, 2.75) is 32.7 Å². The Balaban J connectivity index is 2.08. The summed E-state index contributed by atoms with van der Waals surface area (Å²) in [4.78, 5) is 0. The molecule has 0 unspecified atom stereocenters. The first-order valence-electron chi connectivity index (χ1n) is 5.53. The third-order valence-electron chi connectivity index (χ3n) is 2.94. The molecule has 0 bridgehead atoms. The third-order valence-corrected chi connectivity index (χ3v) is 3.25. The number of aryl methyl sites for hydroxylation is 1. The number of rotatable bonds is 3. The van der Waals surface area contributed by atoms with Crippen LogP contribution in [0, 0.1) is 10.7 Å². The number of nitrogens with one attached hydrogen (secondary N) is 1. The lowest BCUT2D eigenvalue weighted by Gasteiger charge is -2.22. The van der Waals surface area contributed by atoms with Gasteiger partial charge in [0.25, 0.3) is 0 Å². The Morgan fingerprint density at radius 3 is 2.93 bits per heavy atom. The van der Waals surface area contributed by atoms with Crippen molar-refractivity contribution in [3.05, 3.63) is 10.6 Å². The highest BCUT2D eigenvalue weighted by Gasteiger charge is 2.16. The molecule has 0 saturated carbocycles. The topological polar surface area (TPSA) is 42.8 Å². The zero-order chi connectivity index (χ0) is 10.7. The molecule has 1 aromatic rings. The average Bonchev–Trinajstić information content (AvgIpc) is 2.62. The van der Waals surface area contributed by atoms with E-state index >= 15 is 0 Å². The molecule has 84 valence electrons. The number of H-pyrrole nitrogens is 1. The van der Waals surface area contributed by atoms with Crippen molar-refractivity contribution in [1.29, 1.82) is 0 Å². The number of nitrogens with zero attached hydrogens (tertiary/aromatic N) is 2. The molecule has 0 spiro atoms. The predicted molar refractivity (Wildman–Crippen MR) is 60.3 cm³/mol. The molecule has 2 heterocycles. The van der Waals surface area contributed by atoms with Crippen LogP contribution in [0.5, 0.6) is 0 Å². The van der Waals surface area contributed by atoms with Gasteiger partial charge in [0.15, 0.2) is 4.77 Å². The third kappa shape index (κ3) is 2.46. The van der Waals surface area contributed by atoms with Crippen LogP contribution < -0.4 is 0 Å². The lowest BCUT2D eigenvalue weighted by molar-refractivity contribution is 0.0609. The normalized spacial score (nSPS) is 18.2. The molecule has 0 radical (unpaired) electrons. The van der Waals surface area contributed by atoms with Gasteiger partial charge < -0.3 is 9.30 Å². The number of aromatic nitrogens is 3. The Morgan fingerprint density at radius 1 is 1.53 bits per heavy atom. The van der Waals surface area contributed by atoms with Gasteiger partial charge in [-0.25, -0.2) is 0 Å². The van der Waals surface area contributed by atoms with Crippen LogP contribution in [-0.2, 0) is 17.7 Å². The first kappa shape index (κ1) is 10.8. The maximum absolute atomic E-state index is 5.35. The fraction of sp³-hybridized carbons (Fsp3) is 0.800. The van der Waals surface area contributed by atoms with E-state index in [1.165, 1.54) is 0 Å². The second-order valence-electron chi connectivity index (χ2n) is 3.96. The molecule has 1 N–H and O–H groups in total. The van der Waals surface area contributed by atoms with Crippen LogP contribution in [0.15, 0.2) is 0 Å². The van der Waals surface area contributed by atoms with Crippen molar-refractivity contribution in [3.63, 3.8) is 0 Å². The molecule has 1 aromatic heterocycles. The lowest BCUT2D eigenvalue weighted by atomic mass is 10.0. The summed E-state index contributed by atoms with van der Waals surface area (Å²) in [6.45, 7) is 4.86. The standard InChI is InChI=1S/C10H17N3OS/c1-2-9-11-12-10(15)13(9)7-8-3-5-14-6-4-8/h8H,2-7H2,1H3,(H,12,15). The fourth-order valence-electron chi connectivity index (χ4n) is 2.00. The minimum Gasteiger partial charge on any atom is -0.381 e. The van der Waals surface area contributed by atoms with E-state index in [4.69, 9.17) is 17.0 Å². The molecule has 4 nitrogen and oxygen atoms in total. The molecule has 0 atom stereocenters. The summed E-state index contributed by atoms with van der Waals surface area (Å²) < 4.78 is 8.23. The van der Waals surface area contributed by atoms with Gasteiger partial charge in [-0.15, -0.1) is 0 Å². The summed E-state index contributed by atoms with van der Waals surface area (Å²) in [7, 11) is 0. The van der Waals surface area contributed by atoms with Crippen molar-refractivity contribution in [2.24, 2.45) is 5.92 Å². The Hall–Kier alpha value is -0.680. The molecule has 1 saturated heterocycles. The number of ether oxygens (including phenoxy) is 1. The van der Waals surface area contributed by atoms with Crippen LogP contribution in [0.2, 0.25) is 0 Å². The fourth-order valence-corrected chi connectivity index (χ4v) is 2.22. The largest absolute Gasteiger partial charge is 0.381 e. The maximum Gasteiger partial charge on any atom is 0.195 e. The lowest BCUT2D eigenvalue weighted by Crippen LogP contribution is -2.21. The van der Waals surface area contributed by atoms with Gasteiger partial charge in [0.05, 0.1) is 0 Å². The summed E-state index contributed by atoms with van der Waals surface area (Å²) in [5.41, 5.74) is 0. The molecule has 15 heavy (non-hydrogen) atoms. The smallest absolute Gasteiger partial charge is 0.195 e. The zero-order valence-corrected chi connectivity index (χ0v) is 9.85. The maximum atomic E-state index is 5.35. The first-order valence-corrected chi connectivity index (χ1v) is 5.94. The van der Waals surface area contributed by atoms with Crippen molar-refractivity contribution < 1.29 is 4.74 Å². The minimum absolute atomic E-state index is 0.688. The first-order chi connectivity index (χ1) is 7.31. The number of aromatic amines is 1. The molecule has 2 rings (SSSR count).